The molecule has 1 unspecified atom stereocenters. The second-order valence-electron chi connectivity index (χ2n) is 4.05. The Hall–Kier alpha value is -1.77. The topological polar surface area (TPSA) is 114 Å². The van der Waals surface area contributed by atoms with Gasteiger partial charge in [-0.1, -0.05) is 0 Å². The molecule has 7 nitrogen and oxygen atoms in total. The molecule has 0 aliphatic heterocycles. The van der Waals surface area contributed by atoms with Crippen LogP contribution in [0.25, 0.3) is 0 Å². The molecule has 0 aliphatic rings. The highest BCUT2D eigenvalue weighted by Crippen LogP contribution is 2.17. The van der Waals surface area contributed by atoms with Crippen molar-refractivity contribution in [2.75, 3.05) is 0 Å². The third kappa shape index (κ3) is 2.98. The maximum Gasteiger partial charge on any atom is 0.258 e. The molecule has 2 rings (SSSR count). The SMILES string of the molecule is CC(NS(=O)(=O)c1[nH]ncc1CN)c1ccncc1. The summed E-state index contributed by atoms with van der Waals surface area (Å²) >= 11 is 0. The van der Waals surface area contributed by atoms with Crippen LogP contribution in [0.1, 0.15) is 24.1 Å². The number of nitrogens with one attached hydrogen (secondary N) is 2. The van der Waals surface area contributed by atoms with Gasteiger partial charge in [-0.05, 0) is 24.6 Å². The van der Waals surface area contributed by atoms with Gasteiger partial charge in [0.15, 0.2) is 5.03 Å². The molecule has 0 saturated heterocycles. The quantitative estimate of drug-likeness (QED) is 0.729. The first-order valence-electron chi connectivity index (χ1n) is 5.69. The number of nitrogens with two attached hydrogens (primary N) is 1. The van der Waals surface area contributed by atoms with E-state index in [1.165, 1.54) is 6.20 Å². The summed E-state index contributed by atoms with van der Waals surface area (Å²) in [6, 6.07) is 3.13. The molecule has 0 bridgehead atoms. The Morgan fingerprint density at radius 1 is 1.42 bits per heavy atom. The molecule has 102 valence electrons. The molecule has 2 aromatic rings. The van der Waals surface area contributed by atoms with E-state index in [9.17, 15) is 8.42 Å². The lowest BCUT2D eigenvalue weighted by molar-refractivity contribution is 0.561. The normalized spacial score (nSPS) is 13.4. The number of hydrogen-bond donors (Lipinski definition) is 3. The Balaban J connectivity index is 2.23. The third-order valence-electron chi connectivity index (χ3n) is 2.70. The molecule has 8 heteroatoms. The molecular formula is C11H15N5O2S. The van der Waals surface area contributed by atoms with Gasteiger partial charge in [0.2, 0.25) is 0 Å². The monoisotopic (exact) mass is 281 g/mol. The van der Waals surface area contributed by atoms with Crippen LogP contribution >= 0.6 is 0 Å². The number of sulfonamides is 1. The van der Waals surface area contributed by atoms with Crippen molar-refractivity contribution >= 4 is 10.0 Å². The standard InChI is InChI=1S/C11H15N5O2S/c1-8(9-2-4-13-5-3-9)16-19(17,18)11-10(6-12)7-14-15-11/h2-5,7-8,16H,6,12H2,1H3,(H,14,15). The number of hydrogen-bond acceptors (Lipinski definition) is 5. The van der Waals surface area contributed by atoms with Gasteiger partial charge in [-0.3, -0.25) is 10.1 Å². The van der Waals surface area contributed by atoms with E-state index in [1.54, 1.807) is 31.5 Å². The number of nitrogens with zero attached hydrogens (tertiary/aromatic N) is 2. The number of aromatic nitrogens is 3. The van der Waals surface area contributed by atoms with Crippen LogP contribution in [-0.2, 0) is 16.6 Å². The summed E-state index contributed by atoms with van der Waals surface area (Å²) in [5.74, 6) is 0. The first-order chi connectivity index (χ1) is 9.04. The summed E-state index contributed by atoms with van der Waals surface area (Å²) in [5, 5.41) is 6.18. The van der Waals surface area contributed by atoms with E-state index in [1.807, 2.05) is 0 Å². The van der Waals surface area contributed by atoms with E-state index in [4.69, 9.17) is 5.73 Å². The minimum atomic E-state index is -3.68. The van der Waals surface area contributed by atoms with Gasteiger partial charge in [0.25, 0.3) is 10.0 Å². The van der Waals surface area contributed by atoms with Crippen molar-refractivity contribution in [3.63, 3.8) is 0 Å². The van der Waals surface area contributed by atoms with E-state index in [2.05, 4.69) is 19.9 Å². The smallest absolute Gasteiger partial charge is 0.258 e. The predicted molar refractivity (Wildman–Crippen MR) is 69.5 cm³/mol. The summed E-state index contributed by atoms with van der Waals surface area (Å²) in [6.07, 6.45) is 4.63. The second kappa shape index (κ2) is 5.47. The fourth-order valence-electron chi connectivity index (χ4n) is 1.69. The summed E-state index contributed by atoms with van der Waals surface area (Å²) in [5.41, 5.74) is 6.75. The minimum Gasteiger partial charge on any atom is -0.326 e. The van der Waals surface area contributed by atoms with Gasteiger partial charge in [-0.25, -0.2) is 13.1 Å². The molecule has 0 amide bonds. The number of aromatic amines is 1. The number of H-pyrrole nitrogens is 1. The largest absolute Gasteiger partial charge is 0.326 e. The van der Waals surface area contributed by atoms with Crippen LogP contribution in [0.2, 0.25) is 0 Å². The van der Waals surface area contributed by atoms with Gasteiger partial charge in [-0.15, -0.1) is 0 Å². The summed E-state index contributed by atoms with van der Waals surface area (Å²) in [6.45, 7) is 1.86. The molecule has 0 aliphatic carbocycles. The zero-order valence-corrected chi connectivity index (χ0v) is 11.2. The molecule has 2 heterocycles. The van der Waals surface area contributed by atoms with Gasteiger partial charge in [0, 0.05) is 30.5 Å². The van der Waals surface area contributed by atoms with Crippen LogP contribution in [0, 0.1) is 0 Å². The van der Waals surface area contributed by atoms with Gasteiger partial charge < -0.3 is 5.73 Å². The Labute approximate surface area is 111 Å². The van der Waals surface area contributed by atoms with Gasteiger partial charge in [-0.2, -0.15) is 5.10 Å². The van der Waals surface area contributed by atoms with E-state index in [0.29, 0.717) is 5.56 Å². The molecule has 2 aromatic heterocycles. The second-order valence-corrected chi connectivity index (χ2v) is 5.70. The molecule has 1 atom stereocenters. The predicted octanol–water partition coefficient (Wildman–Crippen LogP) is 0.303. The van der Waals surface area contributed by atoms with Crippen LogP contribution in [0.5, 0.6) is 0 Å². The highest BCUT2D eigenvalue weighted by Gasteiger charge is 2.22. The van der Waals surface area contributed by atoms with Gasteiger partial charge >= 0.3 is 0 Å². The lowest BCUT2D eigenvalue weighted by atomic mass is 10.1. The maximum atomic E-state index is 12.2. The highest BCUT2D eigenvalue weighted by molar-refractivity contribution is 7.89. The molecule has 4 N–H and O–H groups in total. The Kier molecular flexibility index (Phi) is 3.93. The zero-order chi connectivity index (χ0) is 13.9. The molecule has 0 fully saturated rings. The average Bonchev–Trinajstić information content (AvgIpc) is 2.88. The molecule has 0 saturated carbocycles. The van der Waals surface area contributed by atoms with Crippen LogP contribution in [-0.4, -0.2) is 23.6 Å². The first kappa shape index (κ1) is 13.7. The first-order valence-corrected chi connectivity index (χ1v) is 7.17. The molecule has 0 spiro atoms. The van der Waals surface area contributed by atoms with Crippen molar-refractivity contribution in [3.05, 3.63) is 41.9 Å². The Morgan fingerprint density at radius 2 is 2.11 bits per heavy atom. The van der Waals surface area contributed by atoms with E-state index < -0.39 is 10.0 Å². The van der Waals surface area contributed by atoms with Crippen LogP contribution in [0.15, 0.2) is 35.7 Å². The minimum absolute atomic E-state index is 0.0101. The van der Waals surface area contributed by atoms with Crippen LogP contribution < -0.4 is 10.5 Å². The number of pyridine rings is 1. The average molecular weight is 281 g/mol. The van der Waals surface area contributed by atoms with E-state index in [-0.39, 0.29) is 17.6 Å². The van der Waals surface area contributed by atoms with Crippen molar-refractivity contribution in [1.82, 2.24) is 19.9 Å². The van der Waals surface area contributed by atoms with E-state index in [0.717, 1.165) is 5.56 Å². The van der Waals surface area contributed by atoms with Crippen molar-refractivity contribution in [3.8, 4) is 0 Å². The Morgan fingerprint density at radius 3 is 2.74 bits per heavy atom. The van der Waals surface area contributed by atoms with Crippen LogP contribution in [0.3, 0.4) is 0 Å². The van der Waals surface area contributed by atoms with Crippen molar-refractivity contribution in [2.24, 2.45) is 5.73 Å². The summed E-state index contributed by atoms with van der Waals surface area (Å²) in [7, 11) is -3.68. The zero-order valence-electron chi connectivity index (χ0n) is 10.4. The molecular weight excluding hydrogens is 266 g/mol. The van der Waals surface area contributed by atoms with E-state index >= 15 is 0 Å². The maximum absolute atomic E-state index is 12.2. The third-order valence-corrected chi connectivity index (χ3v) is 4.26. The number of rotatable bonds is 5. The van der Waals surface area contributed by atoms with Gasteiger partial charge in [0.1, 0.15) is 0 Å². The Bertz CT molecular complexity index is 638. The van der Waals surface area contributed by atoms with Crippen LogP contribution in [0.4, 0.5) is 0 Å². The van der Waals surface area contributed by atoms with Crippen molar-refractivity contribution < 1.29 is 8.42 Å². The molecule has 19 heavy (non-hydrogen) atoms. The lowest BCUT2D eigenvalue weighted by Gasteiger charge is -2.14. The fourth-order valence-corrected chi connectivity index (χ4v) is 3.06. The molecule has 0 aromatic carbocycles. The lowest BCUT2D eigenvalue weighted by Crippen LogP contribution is -2.28. The van der Waals surface area contributed by atoms with Gasteiger partial charge in [0.05, 0.1) is 6.20 Å². The van der Waals surface area contributed by atoms with Crippen molar-refractivity contribution in [1.29, 1.82) is 0 Å². The fraction of sp³-hybridized carbons (Fsp3) is 0.273. The summed E-state index contributed by atoms with van der Waals surface area (Å²) < 4.78 is 27.0. The highest BCUT2D eigenvalue weighted by atomic mass is 32.2. The van der Waals surface area contributed by atoms with Crippen molar-refractivity contribution in [2.45, 2.75) is 24.5 Å². The summed E-state index contributed by atoms with van der Waals surface area (Å²) in [4.78, 5) is 3.89. The molecule has 0 radical (unpaired) electrons.